The Kier molecular flexibility index (Phi) is 4.54. The number of nitrogens with zero attached hydrogens (tertiary/aromatic N) is 1. The van der Waals surface area contributed by atoms with Crippen LogP contribution in [0.15, 0.2) is 37.9 Å². The van der Waals surface area contributed by atoms with Gasteiger partial charge in [-0.25, -0.2) is 0 Å². The number of amides is 1. The monoisotopic (exact) mass is 401 g/mol. The van der Waals surface area contributed by atoms with Gasteiger partial charge in [0.25, 0.3) is 0 Å². The Bertz CT molecular complexity index is 622. The van der Waals surface area contributed by atoms with Crippen LogP contribution < -0.4 is 4.90 Å². The van der Waals surface area contributed by atoms with Crippen molar-refractivity contribution in [3.8, 4) is 0 Å². The van der Waals surface area contributed by atoms with Crippen molar-refractivity contribution in [3.63, 3.8) is 0 Å². The molecule has 1 aromatic carbocycles. The van der Waals surface area contributed by atoms with Crippen LogP contribution in [0.3, 0.4) is 0 Å². The minimum atomic E-state index is -0.0471. The maximum absolute atomic E-state index is 12.3. The molecule has 1 aromatic heterocycles. The van der Waals surface area contributed by atoms with E-state index in [0.717, 1.165) is 19.7 Å². The topological polar surface area (TPSA) is 37.4 Å². The van der Waals surface area contributed by atoms with Gasteiger partial charge in [-0.15, -0.1) is 11.3 Å². The predicted octanol–water partition coefficient (Wildman–Crippen LogP) is 4.10. The van der Waals surface area contributed by atoms with Crippen molar-refractivity contribution in [2.45, 2.75) is 0 Å². The van der Waals surface area contributed by atoms with E-state index < -0.39 is 0 Å². The second-order valence-electron chi connectivity index (χ2n) is 3.83. The van der Waals surface area contributed by atoms with Gasteiger partial charge in [0.05, 0.1) is 7.57 Å². The third-order valence-corrected chi connectivity index (χ3v) is 4.94. The molecule has 1 heterocycles. The van der Waals surface area contributed by atoms with E-state index in [2.05, 4.69) is 31.9 Å². The molecule has 2 rings (SSSR count). The first-order valence-corrected chi connectivity index (χ1v) is 7.71. The van der Waals surface area contributed by atoms with Crippen molar-refractivity contribution in [2.24, 2.45) is 0 Å². The summed E-state index contributed by atoms with van der Waals surface area (Å²) in [6.45, 7) is 0. The van der Waals surface area contributed by atoms with Crippen LogP contribution in [0.5, 0.6) is 0 Å². The van der Waals surface area contributed by atoms with E-state index in [-0.39, 0.29) is 5.78 Å². The molecule has 0 bridgehead atoms. The van der Waals surface area contributed by atoms with Crippen LogP contribution >= 0.6 is 43.2 Å². The van der Waals surface area contributed by atoms with Crippen LogP contribution in [-0.2, 0) is 4.79 Å². The van der Waals surface area contributed by atoms with Gasteiger partial charge in [0, 0.05) is 23.9 Å². The number of hydrogen-bond donors (Lipinski definition) is 0. The van der Waals surface area contributed by atoms with Crippen LogP contribution in [0, 0.1) is 0 Å². The minimum absolute atomic E-state index is 0.0471. The summed E-state index contributed by atoms with van der Waals surface area (Å²) in [6, 6.07) is 8.72. The van der Waals surface area contributed by atoms with Crippen LogP contribution in [0.2, 0.25) is 0 Å². The summed E-state index contributed by atoms with van der Waals surface area (Å²) < 4.78 is 1.71. The number of rotatable bonds is 4. The molecule has 98 valence electrons. The molecule has 3 nitrogen and oxygen atoms in total. The molecule has 0 atom stereocenters. The van der Waals surface area contributed by atoms with Gasteiger partial charge in [-0.1, -0.05) is 0 Å². The molecule has 0 spiro atoms. The zero-order valence-corrected chi connectivity index (χ0v) is 13.9. The molecule has 0 radical (unpaired) electrons. The van der Waals surface area contributed by atoms with Crippen molar-refractivity contribution < 1.29 is 9.59 Å². The van der Waals surface area contributed by atoms with E-state index in [1.54, 1.807) is 37.4 Å². The fourth-order valence-electron chi connectivity index (χ4n) is 1.56. The molecule has 0 aliphatic rings. The predicted molar refractivity (Wildman–Crippen MR) is 84.1 cm³/mol. The number of benzene rings is 1. The highest BCUT2D eigenvalue weighted by Crippen LogP contribution is 2.33. The maximum Gasteiger partial charge on any atom is 0.213 e. The Morgan fingerprint density at radius 1 is 1.26 bits per heavy atom. The number of carbonyl (C=O) groups excluding carboxylic acids is 2. The number of halogens is 2. The molecular weight excluding hydrogens is 394 g/mol. The molecule has 0 aliphatic carbocycles. The number of ketones is 1. The highest BCUT2D eigenvalue weighted by atomic mass is 79.9. The molecule has 19 heavy (non-hydrogen) atoms. The molecule has 0 aliphatic heterocycles. The van der Waals surface area contributed by atoms with Gasteiger partial charge in [0.2, 0.25) is 6.41 Å². The highest BCUT2D eigenvalue weighted by Gasteiger charge is 2.15. The van der Waals surface area contributed by atoms with Gasteiger partial charge in [-0.3, -0.25) is 9.59 Å². The lowest BCUT2D eigenvalue weighted by molar-refractivity contribution is -0.107. The Balaban J connectivity index is 2.30. The van der Waals surface area contributed by atoms with E-state index in [1.165, 1.54) is 16.2 Å². The van der Waals surface area contributed by atoms with Gasteiger partial charge < -0.3 is 4.90 Å². The maximum atomic E-state index is 12.3. The quantitative estimate of drug-likeness (QED) is 0.570. The Morgan fingerprint density at radius 2 is 1.89 bits per heavy atom. The van der Waals surface area contributed by atoms with Crippen molar-refractivity contribution in [1.29, 1.82) is 0 Å². The van der Waals surface area contributed by atoms with E-state index in [9.17, 15) is 9.59 Å². The van der Waals surface area contributed by atoms with E-state index in [0.29, 0.717) is 11.1 Å². The van der Waals surface area contributed by atoms with Crippen molar-refractivity contribution in [1.82, 2.24) is 0 Å². The fraction of sp³-hybridized carbons (Fsp3) is 0.0769. The van der Waals surface area contributed by atoms with E-state index in [4.69, 9.17) is 0 Å². The highest BCUT2D eigenvalue weighted by molar-refractivity contribution is 9.12. The Labute approximate surface area is 131 Å². The van der Waals surface area contributed by atoms with Gasteiger partial charge in [0.1, 0.15) is 0 Å². The zero-order valence-electron chi connectivity index (χ0n) is 9.89. The lowest BCUT2D eigenvalue weighted by Crippen LogP contribution is -2.13. The normalized spacial score (nSPS) is 10.3. The van der Waals surface area contributed by atoms with E-state index >= 15 is 0 Å². The molecule has 2 aromatic rings. The molecule has 0 saturated heterocycles. The molecule has 0 unspecified atom stereocenters. The van der Waals surface area contributed by atoms with Crippen LogP contribution in [-0.4, -0.2) is 19.2 Å². The lowest BCUT2D eigenvalue weighted by Gasteiger charge is -2.10. The summed E-state index contributed by atoms with van der Waals surface area (Å²) in [7, 11) is 1.66. The van der Waals surface area contributed by atoms with Gasteiger partial charge in [-0.2, -0.15) is 0 Å². The largest absolute Gasteiger partial charge is 0.318 e. The number of hydrogen-bond acceptors (Lipinski definition) is 3. The lowest BCUT2D eigenvalue weighted by atomic mass is 10.1. The first kappa shape index (κ1) is 14.4. The van der Waals surface area contributed by atoms with Crippen LogP contribution in [0.1, 0.15) is 15.9 Å². The minimum Gasteiger partial charge on any atom is -0.318 e. The van der Waals surface area contributed by atoms with E-state index in [1.807, 2.05) is 0 Å². The summed E-state index contributed by atoms with van der Waals surface area (Å²) in [5, 5.41) is 0. The first-order chi connectivity index (χ1) is 9.02. The standard InChI is InChI=1S/C13H9Br2NO2S/c1-16(7-17)9-4-2-8(3-5-9)12(18)10-6-11(14)19-13(10)15/h2-7H,1H3. The zero-order chi connectivity index (χ0) is 14.0. The van der Waals surface area contributed by atoms with Crippen molar-refractivity contribution in [2.75, 3.05) is 11.9 Å². The van der Waals surface area contributed by atoms with Crippen LogP contribution in [0.25, 0.3) is 0 Å². The molecule has 0 fully saturated rings. The average Bonchev–Trinajstić information content (AvgIpc) is 2.76. The van der Waals surface area contributed by atoms with Gasteiger partial charge >= 0.3 is 0 Å². The first-order valence-electron chi connectivity index (χ1n) is 5.30. The molecule has 0 N–H and O–H groups in total. The molecular formula is C13H9Br2NO2S. The SMILES string of the molecule is CN(C=O)c1ccc(C(=O)c2cc(Br)sc2Br)cc1. The summed E-state index contributed by atoms with van der Waals surface area (Å²) in [5.74, 6) is -0.0471. The summed E-state index contributed by atoms with van der Waals surface area (Å²) in [5.41, 5.74) is 1.97. The molecule has 6 heteroatoms. The number of anilines is 1. The second kappa shape index (κ2) is 5.98. The summed E-state index contributed by atoms with van der Waals surface area (Å²) >= 11 is 8.19. The summed E-state index contributed by atoms with van der Waals surface area (Å²) in [6.07, 6.45) is 0.726. The fourth-order valence-corrected chi connectivity index (χ4v) is 4.35. The Hall–Kier alpha value is -0.980. The van der Waals surface area contributed by atoms with Crippen molar-refractivity contribution >= 4 is 61.1 Å². The van der Waals surface area contributed by atoms with Gasteiger partial charge in [0.15, 0.2) is 5.78 Å². The number of thiophene rings is 1. The van der Waals surface area contributed by atoms with Crippen molar-refractivity contribution in [3.05, 3.63) is 49.0 Å². The second-order valence-corrected chi connectivity index (χ2v) is 7.58. The smallest absolute Gasteiger partial charge is 0.213 e. The number of carbonyl (C=O) groups is 2. The molecule has 1 amide bonds. The summed E-state index contributed by atoms with van der Waals surface area (Å²) in [4.78, 5) is 24.4. The van der Waals surface area contributed by atoms with Gasteiger partial charge in [-0.05, 0) is 62.2 Å². The Morgan fingerprint density at radius 3 is 2.37 bits per heavy atom. The third-order valence-electron chi connectivity index (χ3n) is 2.60. The third kappa shape index (κ3) is 3.13. The molecule has 0 saturated carbocycles. The van der Waals surface area contributed by atoms with Crippen LogP contribution in [0.4, 0.5) is 5.69 Å². The average molecular weight is 403 g/mol.